The minimum Gasteiger partial charge on any atom is -1.00 e. The molecule has 0 amide bonds. The first-order valence-corrected chi connectivity index (χ1v) is 9.16. The highest BCUT2D eigenvalue weighted by atomic mass is 35.5. The van der Waals surface area contributed by atoms with Gasteiger partial charge in [0, 0.05) is 32.7 Å². The highest BCUT2D eigenvalue weighted by Gasteiger charge is 2.31. The molecule has 0 bridgehead atoms. The Labute approximate surface area is 161 Å². The molecular formula is C18H36Cl2N2O2-2. The van der Waals surface area contributed by atoms with Crippen LogP contribution in [-0.4, -0.2) is 73.5 Å². The molecule has 1 heterocycles. The molecule has 4 atom stereocenters. The van der Waals surface area contributed by atoms with Gasteiger partial charge in [-0.2, -0.15) is 0 Å². The highest BCUT2D eigenvalue weighted by molar-refractivity contribution is 4.82. The van der Waals surface area contributed by atoms with E-state index in [0.29, 0.717) is 24.5 Å². The van der Waals surface area contributed by atoms with Crippen molar-refractivity contribution in [2.45, 2.75) is 52.2 Å². The smallest absolute Gasteiger partial charge is 0.0900 e. The van der Waals surface area contributed by atoms with Crippen molar-refractivity contribution in [1.82, 2.24) is 9.80 Å². The van der Waals surface area contributed by atoms with Gasteiger partial charge in [0.25, 0.3) is 0 Å². The summed E-state index contributed by atoms with van der Waals surface area (Å²) in [6, 6.07) is 0. The number of hydrogen-bond acceptors (Lipinski definition) is 4. The zero-order valence-electron chi connectivity index (χ0n) is 15.8. The van der Waals surface area contributed by atoms with Gasteiger partial charge >= 0.3 is 0 Å². The van der Waals surface area contributed by atoms with Crippen LogP contribution in [0.1, 0.15) is 40.0 Å². The lowest BCUT2D eigenvalue weighted by Crippen LogP contribution is -3.00. The number of β-amino-alcohol motifs (C(OH)–C–C–N with tert-alkyl or cyclic N) is 1. The molecule has 1 aliphatic heterocycles. The van der Waals surface area contributed by atoms with Gasteiger partial charge in [-0.05, 0) is 37.6 Å². The predicted octanol–water partition coefficient (Wildman–Crippen LogP) is -3.92. The summed E-state index contributed by atoms with van der Waals surface area (Å²) in [5, 5.41) is 10.3. The fourth-order valence-corrected chi connectivity index (χ4v) is 3.92. The van der Waals surface area contributed by atoms with E-state index in [-0.39, 0.29) is 30.9 Å². The second kappa shape index (κ2) is 11.9. The van der Waals surface area contributed by atoms with Gasteiger partial charge in [-0.15, -0.1) is 0 Å². The molecule has 0 aromatic carbocycles. The van der Waals surface area contributed by atoms with Gasteiger partial charge < -0.3 is 39.6 Å². The Hall–Kier alpha value is 0.420. The van der Waals surface area contributed by atoms with Crippen molar-refractivity contribution < 1.29 is 34.7 Å². The monoisotopic (exact) mass is 382 g/mol. The summed E-state index contributed by atoms with van der Waals surface area (Å²) in [7, 11) is 2.16. The number of hydrogen-bond donors (Lipinski definition) is 1. The molecule has 2 rings (SSSR count). The van der Waals surface area contributed by atoms with E-state index in [4.69, 9.17) is 4.74 Å². The molecule has 0 aromatic heterocycles. The number of piperazine rings is 1. The summed E-state index contributed by atoms with van der Waals surface area (Å²) < 4.78 is 6.16. The van der Waals surface area contributed by atoms with E-state index in [0.717, 1.165) is 45.1 Å². The molecule has 2 aliphatic rings. The number of likely N-dealkylation sites (N-methyl/N-ethyl adjacent to an activating group) is 1. The van der Waals surface area contributed by atoms with Crippen LogP contribution in [0.5, 0.6) is 0 Å². The van der Waals surface area contributed by atoms with E-state index in [9.17, 15) is 5.11 Å². The van der Waals surface area contributed by atoms with Crippen LogP contribution in [0.3, 0.4) is 0 Å². The minimum absolute atomic E-state index is 0. The average Bonchev–Trinajstić information content (AvgIpc) is 2.47. The fourth-order valence-electron chi connectivity index (χ4n) is 3.92. The van der Waals surface area contributed by atoms with Gasteiger partial charge in [0.15, 0.2) is 0 Å². The zero-order valence-corrected chi connectivity index (χ0v) is 17.3. The molecule has 1 aliphatic carbocycles. The molecular weight excluding hydrogens is 347 g/mol. The topological polar surface area (TPSA) is 35.9 Å². The molecule has 1 N–H and O–H groups in total. The molecule has 2 fully saturated rings. The van der Waals surface area contributed by atoms with Crippen LogP contribution in [0.15, 0.2) is 0 Å². The standard InChI is InChI=1S/C18H36N2O2.2ClH/c1-14(2)17-6-5-15(3)11-18(17)22-13-16(21)12-20-9-7-19(4)8-10-20;;/h14-18,21H,5-13H2,1-4H3;2*1H/p-2. The second-order valence-electron chi connectivity index (χ2n) is 7.96. The van der Waals surface area contributed by atoms with E-state index >= 15 is 0 Å². The fraction of sp³-hybridized carbons (Fsp3) is 1.00. The third-order valence-corrected chi connectivity index (χ3v) is 5.53. The van der Waals surface area contributed by atoms with Crippen molar-refractivity contribution in [2.75, 3.05) is 46.4 Å². The van der Waals surface area contributed by atoms with Crippen molar-refractivity contribution in [1.29, 1.82) is 0 Å². The molecule has 24 heavy (non-hydrogen) atoms. The van der Waals surface area contributed by atoms with Crippen molar-refractivity contribution in [3.63, 3.8) is 0 Å². The maximum atomic E-state index is 10.3. The van der Waals surface area contributed by atoms with E-state index in [1.165, 1.54) is 12.8 Å². The summed E-state index contributed by atoms with van der Waals surface area (Å²) in [5.41, 5.74) is 0. The van der Waals surface area contributed by atoms with Crippen LogP contribution in [0.2, 0.25) is 0 Å². The minimum atomic E-state index is -0.353. The number of rotatable bonds is 6. The Morgan fingerprint density at radius 1 is 1.08 bits per heavy atom. The predicted molar refractivity (Wildman–Crippen MR) is 91.0 cm³/mol. The Kier molecular flexibility index (Phi) is 12.1. The third kappa shape index (κ3) is 7.76. The van der Waals surface area contributed by atoms with Gasteiger partial charge in [-0.1, -0.05) is 27.2 Å². The van der Waals surface area contributed by atoms with Gasteiger partial charge in [0.1, 0.15) is 0 Å². The lowest BCUT2D eigenvalue weighted by molar-refractivity contribution is -0.0751. The van der Waals surface area contributed by atoms with Crippen molar-refractivity contribution >= 4 is 0 Å². The highest BCUT2D eigenvalue weighted by Crippen LogP contribution is 2.35. The molecule has 1 saturated heterocycles. The third-order valence-electron chi connectivity index (χ3n) is 5.53. The summed E-state index contributed by atoms with van der Waals surface area (Å²) in [4.78, 5) is 4.70. The van der Waals surface area contributed by atoms with Crippen molar-refractivity contribution in [3.8, 4) is 0 Å². The molecule has 146 valence electrons. The van der Waals surface area contributed by atoms with E-state index in [1.807, 2.05) is 0 Å². The van der Waals surface area contributed by atoms with Crippen LogP contribution in [0, 0.1) is 17.8 Å². The molecule has 0 aromatic rings. The average molecular weight is 383 g/mol. The summed E-state index contributed by atoms with van der Waals surface area (Å²) >= 11 is 0. The lowest BCUT2D eigenvalue weighted by atomic mass is 9.75. The number of ether oxygens (including phenoxy) is 1. The normalized spacial score (nSPS) is 30.5. The second-order valence-corrected chi connectivity index (χ2v) is 7.96. The Morgan fingerprint density at radius 3 is 2.29 bits per heavy atom. The summed E-state index contributed by atoms with van der Waals surface area (Å²) in [6.07, 6.45) is 3.74. The number of nitrogens with zero attached hydrogens (tertiary/aromatic N) is 2. The summed E-state index contributed by atoms with van der Waals surface area (Å²) in [6.45, 7) is 12.5. The summed E-state index contributed by atoms with van der Waals surface area (Å²) in [5.74, 6) is 2.09. The van der Waals surface area contributed by atoms with Gasteiger partial charge in [-0.3, -0.25) is 4.90 Å². The zero-order chi connectivity index (χ0) is 16.1. The van der Waals surface area contributed by atoms with Crippen LogP contribution in [0.4, 0.5) is 0 Å². The molecule has 0 radical (unpaired) electrons. The van der Waals surface area contributed by atoms with Crippen LogP contribution < -0.4 is 24.8 Å². The Balaban J connectivity index is 0.00000264. The SMILES string of the molecule is CC1CCC(C(C)C)C(OCC(O)CN2CCN(C)CC2)C1.[Cl-].[Cl-]. The van der Waals surface area contributed by atoms with Gasteiger partial charge in [-0.25, -0.2) is 0 Å². The Morgan fingerprint density at radius 2 is 1.71 bits per heavy atom. The first-order valence-electron chi connectivity index (χ1n) is 9.16. The lowest BCUT2D eigenvalue weighted by Gasteiger charge is -2.38. The maximum Gasteiger partial charge on any atom is 0.0900 e. The largest absolute Gasteiger partial charge is 1.00 e. The van der Waals surface area contributed by atoms with E-state index in [2.05, 4.69) is 37.6 Å². The molecule has 0 spiro atoms. The van der Waals surface area contributed by atoms with Gasteiger partial charge in [0.05, 0.1) is 18.8 Å². The number of halogens is 2. The van der Waals surface area contributed by atoms with Crippen molar-refractivity contribution in [2.24, 2.45) is 17.8 Å². The van der Waals surface area contributed by atoms with Gasteiger partial charge in [0.2, 0.25) is 0 Å². The number of aliphatic hydroxyl groups excluding tert-OH is 1. The number of aliphatic hydroxyl groups is 1. The first-order chi connectivity index (χ1) is 10.5. The van der Waals surface area contributed by atoms with Crippen molar-refractivity contribution in [3.05, 3.63) is 0 Å². The maximum absolute atomic E-state index is 10.3. The van der Waals surface area contributed by atoms with Crippen LogP contribution in [0.25, 0.3) is 0 Å². The molecule has 4 unspecified atom stereocenters. The molecule has 4 nitrogen and oxygen atoms in total. The molecule has 1 saturated carbocycles. The van der Waals surface area contributed by atoms with E-state index < -0.39 is 0 Å². The van der Waals surface area contributed by atoms with Crippen LogP contribution in [-0.2, 0) is 4.74 Å². The first kappa shape index (κ1) is 24.4. The molecule has 6 heteroatoms. The Bertz CT molecular complexity index is 326. The van der Waals surface area contributed by atoms with E-state index in [1.54, 1.807) is 0 Å². The quantitative estimate of drug-likeness (QED) is 0.509. The van der Waals surface area contributed by atoms with Crippen LogP contribution >= 0.6 is 0 Å².